The van der Waals surface area contributed by atoms with Gasteiger partial charge in [-0.05, 0) is 143 Å². The van der Waals surface area contributed by atoms with E-state index in [-0.39, 0.29) is 63.7 Å². The third-order valence-corrected chi connectivity index (χ3v) is 17.2. The molecule has 1 aromatic rings. The second-order valence-corrected chi connectivity index (χ2v) is 23.2. The molecule has 9 atom stereocenters. The van der Waals surface area contributed by atoms with Gasteiger partial charge in [-0.2, -0.15) is 0 Å². The highest BCUT2D eigenvalue weighted by Crippen LogP contribution is 2.67. The molecule has 7 aliphatic carbocycles. The molecule has 0 radical (unpaired) electrons. The SMILES string of the molecule is CC(=O)OC1CC2CCC1(C)C2(C)C.CC(=O)OC1CCCCC1C(C)(C)C.CC(=O)OCc1ccccc1.CCOC(=O)C12CCCC1C1CCC2C1.CCOC(=O)C1=C(C)C=CCC1(C)C. The molecule has 0 amide bonds. The molecule has 0 aromatic heterocycles. The highest BCUT2D eigenvalue weighted by molar-refractivity contribution is 5.91. The molecule has 9 unspecified atom stereocenters. The minimum atomic E-state index is -0.242. The number of rotatable bonds is 8. The van der Waals surface area contributed by atoms with Crippen molar-refractivity contribution in [1.82, 2.24) is 0 Å². The Labute approximate surface area is 410 Å². The minimum Gasteiger partial charge on any atom is -0.466 e. The average Bonchev–Trinajstić information content (AvgIpc) is 4.06. The fourth-order valence-corrected chi connectivity index (χ4v) is 13.4. The van der Waals surface area contributed by atoms with Crippen molar-refractivity contribution in [2.75, 3.05) is 13.2 Å². The van der Waals surface area contributed by atoms with Gasteiger partial charge in [0.15, 0.2) is 0 Å². The van der Waals surface area contributed by atoms with E-state index in [1.54, 1.807) is 0 Å². The monoisotopic (exact) mass is 947 g/mol. The Kier molecular flexibility index (Phi) is 20.2. The lowest BCUT2D eigenvalue weighted by Crippen LogP contribution is -2.41. The lowest BCUT2D eigenvalue weighted by molar-refractivity contribution is -0.161. The summed E-state index contributed by atoms with van der Waals surface area (Å²) in [6.07, 6.45) is 21.2. The molecule has 10 nitrogen and oxygen atoms in total. The predicted octanol–water partition coefficient (Wildman–Crippen LogP) is 13.3. The van der Waals surface area contributed by atoms with Crippen LogP contribution in [0, 0.1) is 56.7 Å². The van der Waals surface area contributed by atoms with Gasteiger partial charge in [0.2, 0.25) is 0 Å². The number of fused-ring (bicyclic) bond motifs is 7. The third-order valence-electron chi connectivity index (χ3n) is 17.2. The second-order valence-electron chi connectivity index (χ2n) is 23.2. The molecular weight excluding hydrogens is 857 g/mol. The van der Waals surface area contributed by atoms with Gasteiger partial charge in [0.05, 0.1) is 18.6 Å². The Morgan fingerprint density at radius 2 is 1.34 bits per heavy atom. The maximum absolute atomic E-state index is 12.2. The second kappa shape index (κ2) is 24.3. The Morgan fingerprint density at radius 3 is 1.88 bits per heavy atom. The first-order chi connectivity index (χ1) is 31.8. The van der Waals surface area contributed by atoms with Crippen molar-refractivity contribution >= 4 is 29.8 Å². The van der Waals surface area contributed by atoms with Gasteiger partial charge in [-0.1, -0.05) is 111 Å². The smallest absolute Gasteiger partial charge is 0.334 e. The highest BCUT2D eigenvalue weighted by Gasteiger charge is 2.65. The van der Waals surface area contributed by atoms with Gasteiger partial charge in [-0.25, -0.2) is 4.79 Å². The van der Waals surface area contributed by atoms with Crippen LogP contribution >= 0.6 is 0 Å². The average molecular weight is 947 g/mol. The van der Waals surface area contributed by atoms with Gasteiger partial charge >= 0.3 is 29.8 Å². The Balaban J connectivity index is 0.000000186. The number of esters is 5. The van der Waals surface area contributed by atoms with Crippen LogP contribution in [0.1, 0.15) is 192 Å². The molecule has 0 aliphatic heterocycles. The first kappa shape index (κ1) is 56.6. The van der Waals surface area contributed by atoms with Crippen LogP contribution in [0.25, 0.3) is 0 Å². The summed E-state index contributed by atoms with van der Waals surface area (Å²) in [4.78, 5) is 56.3. The van der Waals surface area contributed by atoms with Gasteiger partial charge in [-0.15, -0.1) is 0 Å². The molecule has 8 rings (SSSR count). The molecule has 0 saturated heterocycles. The van der Waals surface area contributed by atoms with Crippen molar-refractivity contribution in [1.29, 1.82) is 0 Å². The molecule has 10 heteroatoms. The molecule has 4 bridgehead atoms. The summed E-state index contributed by atoms with van der Waals surface area (Å²) in [6, 6.07) is 9.60. The first-order valence-electron chi connectivity index (χ1n) is 26.1. The molecule has 68 heavy (non-hydrogen) atoms. The van der Waals surface area contributed by atoms with E-state index in [0.29, 0.717) is 43.0 Å². The number of ether oxygens (including phenoxy) is 5. The summed E-state index contributed by atoms with van der Waals surface area (Å²) in [7, 11) is 0. The zero-order valence-electron chi connectivity index (χ0n) is 44.7. The highest BCUT2D eigenvalue weighted by atomic mass is 16.6. The maximum Gasteiger partial charge on any atom is 0.334 e. The normalized spacial score (nSPS) is 30.8. The Morgan fingerprint density at radius 1 is 0.691 bits per heavy atom. The molecule has 0 heterocycles. The zero-order valence-corrected chi connectivity index (χ0v) is 44.7. The standard InChI is InChI=1S/C13H20O2.C12H20O2.C12H22O2.C12H18O2.C9H10O2/c1-2-15-12(14)13-7-3-4-11(13)9-5-6-10(13)8-9;1-8(13)14-10-7-9-5-6-12(10,4)11(9,2)3;1-9(13)14-11-8-6-5-7-10(11)12(2,3)4;1-5-14-11(13)10-9(2)7-6-8-12(10,3)4;1-8(10)11-7-9-5-3-2-4-6-9/h9-11H,2-8H2,1H3;9-10H,5-7H2,1-4H3;10-11H,5-8H2,1-4H3;6-7H,5,8H2,1-4H3;2-6H,7H2,1H3. The van der Waals surface area contributed by atoms with Crippen molar-refractivity contribution in [3.05, 3.63) is 59.2 Å². The summed E-state index contributed by atoms with van der Waals surface area (Å²) in [5, 5.41) is 0. The first-order valence-corrected chi connectivity index (χ1v) is 26.1. The van der Waals surface area contributed by atoms with Crippen LogP contribution in [-0.2, 0) is 54.3 Å². The fraction of sp³-hybridized carbons (Fsp3) is 0.741. The van der Waals surface area contributed by atoms with Gasteiger partial charge in [-0.3, -0.25) is 19.2 Å². The summed E-state index contributed by atoms with van der Waals surface area (Å²) in [6.45, 7) is 29.3. The number of hydrogen-bond donors (Lipinski definition) is 0. The molecule has 0 N–H and O–H groups in total. The number of benzene rings is 1. The van der Waals surface area contributed by atoms with Crippen LogP contribution in [0.5, 0.6) is 0 Å². The van der Waals surface area contributed by atoms with Crippen LogP contribution in [-0.4, -0.2) is 55.3 Å². The topological polar surface area (TPSA) is 132 Å². The number of allylic oxidation sites excluding steroid dienone is 3. The largest absolute Gasteiger partial charge is 0.466 e. The van der Waals surface area contributed by atoms with E-state index >= 15 is 0 Å². The van der Waals surface area contributed by atoms with E-state index in [2.05, 4.69) is 61.5 Å². The third kappa shape index (κ3) is 13.7. The summed E-state index contributed by atoms with van der Waals surface area (Å²) >= 11 is 0. The summed E-state index contributed by atoms with van der Waals surface area (Å²) < 4.78 is 26.0. The van der Waals surface area contributed by atoms with Crippen LogP contribution < -0.4 is 0 Å². The number of carbonyl (C=O) groups is 5. The van der Waals surface area contributed by atoms with E-state index < -0.39 is 0 Å². The predicted molar refractivity (Wildman–Crippen MR) is 268 cm³/mol. The van der Waals surface area contributed by atoms with Crippen LogP contribution in [0.15, 0.2) is 53.6 Å². The molecule has 382 valence electrons. The zero-order chi connectivity index (χ0) is 50.7. The molecule has 0 spiro atoms. The van der Waals surface area contributed by atoms with E-state index in [0.717, 1.165) is 54.2 Å². The Bertz CT molecular complexity index is 1920. The lowest BCUT2D eigenvalue weighted by Gasteiger charge is -2.39. The van der Waals surface area contributed by atoms with Crippen molar-refractivity contribution in [3.8, 4) is 0 Å². The number of carbonyl (C=O) groups excluding carboxylic acids is 5. The molecular formula is C58H90O10. The van der Waals surface area contributed by atoms with Crippen molar-refractivity contribution in [2.45, 2.75) is 206 Å². The molecule has 7 aliphatic rings. The van der Waals surface area contributed by atoms with Crippen LogP contribution in [0.4, 0.5) is 0 Å². The van der Waals surface area contributed by atoms with Gasteiger partial charge in [0.1, 0.15) is 18.8 Å². The van der Waals surface area contributed by atoms with Crippen molar-refractivity contribution in [3.63, 3.8) is 0 Å². The van der Waals surface area contributed by atoms with Crippen molar-refractivity contribution in [2.24, 2.45) is 56.7 Å². The molecule has 6 saturated carbocycles. The summed E-state index contributed by atoms with van der Waals surface area (Å²) in [5.74, 6) is 2.93. The van der Waals surface area contributed by atoms with Gasteiger partial charge < -0.3 is 23.7 Å². The maximum atomic E-state index is 12.2. The Hall–Kier alpha value is -3.95. The molecule has 6 fully saturated rings. The van der Waals surface area contributed by atoms with Gasteiger partial charge in [0.25, 0.3) is 0 Å². The van der Waals surface area contributed by atoms with Crippen LogP contribution in [0.3, 0.4) is 0 Å². The van der Waals surface area contributed by atoms with Gasteiger partial charge in [0, 0.05) is 43.1 Å². The lowest BCUT2D eigenvalue weighted by atomic mass is 9.68. The minimum absolute atomic E-state index is 0.0288. The fourth-order valence-electron chi connectivity index (χ4n) is 13.4. The van der Waals surface area contributed by atoms with E-state index in [9.17, 15) is 24.0 Å². The quantitative estimate of drug-likeness (QED) is 0.183. The van der Waals surface area contributed by atoms with Crippen LogP contribution in [0.2, 0.25) is 0 Å². The molecule has 1 aromatic carbocycles. The van der Waals surface area contributed by atoms with Crippen molar-refractivity contribution < 1.29 is 47.7 Å². The summed E-state index contributed by atoms with van der Waals surface area (Å²) in [5.41, 5.74) is 3.55. The number of hydrogen-bond acceptors (Lipinski definition) is 10. The van der Waals surface area contributed by atoms with E-state index in [1.807, 2.05) is 57.2 Å². The van der Waals surface area contributed by atoms with E-state index in [1.165, 1.54) is 85.0 Å². The van der Waals surface area contributed by atoms with E-state index in [4.69, 9.17) is 23.7 Å².